The zero-order valence-corrected chi connectivity index (χ0v) is 6.16. The van der Waals surface area contributed by atoms with Crippen LogP contribution in [0.5, 0.6) is 0 Å². The van der Waals surface area contributed by atoms with Crippen LogP contribution in [0.3, 0.4) is 0 Å². The van der Waals surface area contributed by atoms with Crippen LogP contribution in [0, 0.1) is 0 Å². The van der Waals surface area contributed by atoms with E-state index in [0.717, 1.165) is 0 Å². The quantitative estimate of drug-likeness (QED) is 0.273. The van der Waals surface area contributed by atoms with Crippen LogP contribution in [0.25, 0.3) is 0 Å². The van der Waals surface area contributed by atoms with E-state index >= 15 is 0 Å². The maximum Gasteiger partial charge on any atom is 0.184 e. The number of aliphatic hydroxyl groups is 5. The van der Waals surface area contributed by atoms with Crippen LogP contribution < -0.4 is 0 Å². The van der Waals surface area contributed by atoms with E-state index in [1.807, 2.05) is 0 Å². The van der Waals surface area contributed by atoms with Crippen molar-refractivity contribution in [3.63, 3.8) is 0 Å². The van der Waals surface area contributed by atoms with Crippen LogP contribution in [0.4, 0.5) is 0 Å². The Hall–Kier alpha value is -0.240. The van der Waals surface area contributed by atoms with E-state index < -0.39 is 37.3 Å². The molecule has 12 heavy (non-hydrogen) atoms. The highest BCUT2D eigenvalue weighted by atomic mass is 18.2. The molecule has 0 radical (unpaired) electrons. The van der Waals surface area contributed by atoms with Gasteiger partial charge in [0.1, 0.15) is 24.4 Å². The molecule has 0 aromatic carbocycles. The van der Waals surface area contributed by atoms with E-state index in [0.29, 0.717) is 0 Å². The highest BCUT2D eigenvalue weighted by molar-refractivity contribution is 4.87. The molecule has 5 N–H and O–H groups in total. The second-order valence-corrected chi connectivity index (χ2v) is 2.56. The van der Waals surface area contributed by atoms with Crippen LogP contribution in [0.1, 0.15) is 1.37 Å². The second-order valence-electron chi connectivity index (χ2n) is 2.56. The van der Waals surface area contributed by atoms with Crippen molar-refractivity contribution in [1.29, 1.82) is 0 Å². The fourth-order valence-corrected chi connectivity index (χ4v) is 0.976. The van der Waals surface area contributed by atoms with E-state index in [2.05, 4.69) is 4.74 Å². The first kappa shape index (κ1) is 8.36. The van der Waals surface area contributed by atoms with Gasteiger partial charge in [0.15, 0.2) is 6.29 Å². The molecule has 1 fully saturated rings. The lowest BCUT2D eigenvalue weighted by molar-refractivity contribution is -0.286. The first-order chi connectivity index (χ1) is 5.91. The zero-order chi connectivity index (χ0) is 10.2. The summed E-state index contributed by atoms with van der Waals surface area (Å²) < 4.78 is 11.7. The molecule has 0 aromatic rings. The van der Waals surface area contributed by atoms with Crippen molar-refractivity contribution in [3.05, 3.63) is 0 Å². The summed E-state index contributed by atoms with van der Waals surface area (Å²) in [7, 11) is 0. The van der Waals surface area contributed by atoms with Crippen LogP contribution in [0.2, 0.25) is 0 Å². The molecule has 72 valence electrons. The van der Waals surface area contributed by atoms with Gasteiger partial charge >= 0.3 is 0 Å². The maximum absolute atomic E-state index is 9.25. The Labute approximate surface area is 70.0 Å². The Morgan fingerprint density at radius 2 is 2.00 bits per heavy atom. The van der Waals surface area contributed by atoms with Gasteiger partial charge in [0.25, 0.3) is 0 Å². The van der Waals surface area contributed by atoms with E-state index in [-0.39, 0.29) is 0 Å². The van der Waals surface area contributed by atoms with Crippen molar-refractivity contribution in [2.24, 2.45) is 0 Å². The SMILES string of the molecule is [2H][C@]1(O)[C@H]([18OH])[C@@H](O)C(O)O[C@@H]1CO. The van der Waals surface area contributed by atoms with E-state index in [4.69, 9.17) is 21.8 Å². The third-order valence-corrected chi connectivity index (χ3v) is 1.72. The Morgan fingerprint density at radius 1 is 1.42 bits per heavy atom. The van der Waals surface area contributed by atoms with Crippen molar-refractivity contribution in [2.45, 2.75) is 30.7 Å². The number of aliphatic hydroxyl groups excluding tert-OH is 4. The average Bonchev–Trinajstić information content (AvgIpc) is 2.08. The molecule has 0 aromatic heterocycles. The topological polar surface area (TPSA) is 110 Å². The summed E-state index contributed by atoms with van der Waals surface area (Å²) in [5, 5.41) is 45.0. The molecule has 0 spiro atoms. The molecule has 1 rings (SSSR count). The van der Waals surface area contributed by atoms with Crippen molar-refractivity contribution in [3.8, 4) is 0 Å². The zero-order valence-electron chi connectivity index (χ0n) is 7.16. The summed E-state index contributed by atoms with van der Waals surface area (Å²) in [6, 6.07) is 0. The Morgan fingerprint density at radius 3 is 2.50 bits per heavy atom. The number of rotatable bonds is 1. The van der Waals surface area contributed by atoms with Gasteiger partial charge in [0.2, 0.25) is 0 Å². The summed E-state index contributed by atoms with van der Waals surface area (Å²) in [6.07, 6.45) is -9.31. The molecule has 1 heterocycles. The minimum atomic E-state index is -2.52. The fourth-order valence-electron chi connectivity index (χ4n) is 0.976. The largest absolute Gasteiger partial charge is 0.394 e. The fraction of sp³-hybridized carbons (Fsp3) is 1.00. The molecule has 6 nitrogen and oxygen atoms in total. The minimum absolute atomic E-state index is 0.735. The molecule has 0 amide bonds. The van der Waals surface area contributed by atoms with Crippen molar-refractivity contribution in [1.82, 2.24) is 0 Å². The normalized spacial score (nSPS) is 56.6. The van der Waals surface area contributed by atoms with Gasteiger partial charge in [-0.3, -0.25) is 0 Å². The molecular formula is C6H12O6. The highest BCUT2D eigenvalue weighted by Crippen LogP contribution is 2.18. The summed E-state index contributed by atoms with van der Waals surface area (Å²) in [5.41, 5.74) is 0. The predicted molar refractivity (Wildman–Crippen MR) is 36.0 cm³/mol. The summed E-state index contributed by atoms with van der Waals surface area (Å²) in [6.45, 7) is -0.735. The van der Waals surface area contributed by atoms with Crippen LogP contribution in [0.15, 0.2) is 0 Å². The van der Waals surface area contributed by atoms with Crippen molar-refractivity contribution >= 4 is 0 Å². The lowest BCUT2D eigenvalue weighted by Crippen LogP contribution is -2.58. The molecule has 6 heteroatoms. The van der Waals surface area contributed by atoms with Crippen LogP contribution in [-0.4, -0.2) is 62.8 Å². The molecule has 5 atom stereocenters. The predicted octanol–water partition coefficient (Wildman–Crippen LogP) is -3.22. The first-order valence-corrected chi connectivity index (χ1v) is 3.44. The third kappa shape index (κ3) is 1.58. The molecule has 0 aliphatic carbocycles. The standard InChI is InChI=1S/C6H12O6/c7-1-2-3(8)4(9)5(10)6(11)12-2/h2-11H,1H2/t2-,3-,4+,5-,6?/m1/s1/i3D,9+2. The third-order valence-electron chi connectivity index (χ3n) is 1.72. The smallest absolute Gasteiger partial charge is 0.184 e. The molecule has 1 saturated heterocycles. The Balaban J connectivity index is 2.82. The minimum Gasteiger partial charge on any atom is -0.394 e. The molecule has 0 bridgehead atoms. The molecule has 1 aliphatic rings. The lowest BCUT2D eigenvalue weighted by Gasteiger charge is -2.37. The summed E-state index contributed by atoms with van der Waals surface area (Å²) in [5.74, 6) is 0. The van der Waals surface area contributed by atoms with Gasteiger partial charge in [-0.1, -0.05) is 0 Å². The second kappa shape index (κ2) is 3.65. The lowest BCUT2D eigenvalue weighted by atomic mass is 10.0. The van der Waals surface area contributed by atoms with Gasteiger partial charge in [0.05, 0.1) is 7.98 Å². The summed E-state index contributed by atoms with van der Waals surface area (Å²) >= 11 is 0. The maximum atomic E-state index is 9.25. The highest BCUT2D eigenvalue weighted by Gasteiger charge is 2.42. The van der Waals surface area contributed by atoms with Crippen LogP contribution in [-0.2, 0) is 4.74 Å². The number of hydrogen-bond acceptors (Lipinski definition) is 6. The summed E-state index contributed by atoms with van der Waals surface area (Å²) in [4.78, 5) is 0. The van der Waals surface area contributed by atoms with Gasteiger partial charge in [-0.2, -0.15) is 0 Å². The molecular weight excluding hydrogens is 170 g/mol. The van der Waals surface area contributed by atoms with E-state index in [1.54, 1.807) is 0 Å². The van der Waals surface area contributed by atoms with Gasteiger partial charge < -0.3 is 30.3 Å². The number of hydrogen-bond donors (Lipinski definition) is 5. The molecule has 1 aliphatic heterocycles. The van der Waals surface area contributed by atoms with Gasteiger partial charge in [-0.05, 0) is 0 Å². The van der Waals surface area contributed by atoms with Gasteiger partial charge in [-0.15, -0.1) is 0 Å². The Kier molecular flexibility index (Phi) is 2.54. The molecule has 0 saturated carbocycles. The van der Waals surface area contributed by atoms with Crippen molar-refractivity contribution < 1.29 is 31.6 Å². The molecule has 1 unspecified atom stereocenters. The van der Waals surface area contributed by atoms with Crippen molar-refractivity contribution in [2.75, 3.05) is 6.61 Å². The van der Waals surface area contributed by atoms with E-state index in [1.165, 1.54) is 0 Å². The van der Waals surface area contributed by atoms with Gasteiger partial charge in [0, 0.05) is 0 Å². The van der Waals surface area contributed by atoms with E-state index in [9.17, 15) is 5.11 Å². The first-order valence-electron chi connectivity index (χ1n) is 3.94. The van der Waals surface area contributed by atoms with Crippen LogP contribution >= 0.6 is 0 Å². The number of ether oxygens (including phenoxy) is 1. The Bertz CT molecular complexity index is 182. The monoisotopic (exact) mass is 183 g/mol. The van der Waals surface area contributed by atoms with Gasteiger partial charge in [-0.25, -0.2) is 0 Å². The average molecular weight is 183 g/mol.